The minimum Gasteiger partial charge on any atom is -0.391 e. The topological polar surface area (TPSA) is 74.2 Å². The van der Waals surface area contributed by atoms with Gasteiger partial charge in [0.15, 0.2) is 0 Å². The van der Waals surface area contributed by atoms with Gasteiger partial charge >= 0.3 is 0 Å². The number of nitrogens with one attached hydrogen (secondary N) is 2. The summed E-state index contributed by atoms with van der Waals surface area (Å²) in [6.45, 7) is 2.80. The number of pyridine rings is 1. The number of halogens is 1. The fourth-order valence-corrected chi connectivity index (χ4v) is 3.90. The first kappa shape index (κ1) is 21.5. The van der Waals surface area contributed by atoms with Crippen molar-refractivity contribution in [1.82, 2.24) is 10.3 Å². The number of aliphatic hydroxyl groups excluding tert-OH is 1. The van der Waals surface area contributed by atoms with Gasteiger partial charge in [-0.1, -0.05) is 18.9 Å². The van der Waals surface area contributed by atoms with Crippen molar-refractivity contribution in [3.63, 3.8) is 0 Å². The Labute approximate surface area is 182 Å². The van der Waals surface area contributed by atoms with Gasteiger partial charge in [-0.15, -0.1) is 0 Å². The number of aliphatic hydroxyl groups is 1. The van der Waals surface area contributed by atoms with Gasteiger partial charge in [0.25, 0.3) is 5.91 Å². The van der Waals surface area contributed by atoms with Gasteiger partial charge in [0, 0.05) is 23.9 Å². The van der Waals surface area contributed by atoms with Crippen LogP contribution in [0.4, 0.5) is 10.2 Å². The molecule has 0 spiro atoms. The Bertz CT molecular complexity index is 954. The number of nitrogens with zero attached hydrogens (tertiary/aromatic N) is 1. The molecule has 6 heteroatoms. The number of anilines is 1. The van der Waals surface area contributed by atoms with E-state index in [4.69, 9.17) is 0 Å². The largest absolute Gasteiger partial charge is 0.391 e. The fourth-order valence-electron chi connectivity index (χ4n) is 3.90. The lowest BCUT2D eigenvalue weighted by atomic mass is 9.92. The molecule has 2 fully saturated rings. The molecule has 0 saturated heterocycles. The molecule has 1 aromatic heterocycles. The van der Waals surface area contributed by atoms with Gasteiger partial charge in [-0.2, -0.15) is 0 Å². The van der Waals surface area contributed by atoms with Crippen LogP contribution in [-0.4, -0.2) is 34.7 Å². The Balaban J connectivity index is 1.45. The summed E-state index contributed by atoms with van der Waals surface area (Å²) in [7, 11) is 0. The highest BCUT2D eigenvalue weighted by molar-refractivity contribution is 5.95. The van der Waals surface area contributed by atoms with Gasteiger partial charge < -0.3 is 15.7 Å². The molecule has 0 aliphatic heterocycles. The minimum atomic E-state index is -0.505. The van der Waals surface area contributed by atoms with Crippen molar-refractivity contribution < 1.29 is 14.3 Å². The lowest BCUT2D eigenvalue weighted by Crippen LogP contribution is -2.45. The molecule has 5 nitrogen and oxygen atoms in total. The Morgan fingerprint density at radius 1 is 1.16 bits per heavy atom. The molecule has 2 aromatic rings. The summed E-state index contributed by atoms with van der Waals surface area (Å²) < 4.78 is 14.9. The predicted molar refractivity (Wildman–Crippen MR) is 121 cm³/mol. The predicted octanol–water partition coefficient (Wildman–Crippen LogP) is 4.71. The maximum atomic E-state index is 14.9. The smallest absolute Gasteiger partial charge is 0.251 e. The molecule has 0 radical (unpaired) electrons. The molecule has 2 atom stereocenters. The maximum Gasteiger partial charge on any atom is 0.251 e. The van der Waals surface area contributed by atoms with Crippen molar-refractivity contribution in [3.05, 3.63) is 58.8 Å². The normalized spacial score (nSPS) is 21.6. The first-order valence-corrected chi connectivity index (χ1v) is 11.2. The van der Waals surface area contributed by atoms with Gasteiger partial charge in [-0.3, -0.25) is 4.79 Å². The monoisotopic (exact) mass is 423 g/mol. The van der Waals surface area contributed by atoms with Crippen molar-refractivity contribution in [2.24, 2.45) is 5.92 Å². The van der Waals surface area contributed by atoms with Gasteiger partial charge in [-0.25, -0.2) is 9.37 Å². The third-order valence-electron chi connectivity index (χ3n) is 6.18. The minimum absolute atomic E-state index is 0.226. The molecular formula is C25H30FN3O2. The third-order valence-corrected chi connectivity index (χ3v) is 6.18. The van der Waals surface area contributed by atoms with E-state index in [0.717, 1.165) is 43.1 Å². The highest BCUT2D eigenvalue weighted by Crippen LogP contribution is 2.29. The van der Waals surface area contributed by atoms with Crippen LogP contribution < -0.4 is 10.6 Å². The van der Waals surface area contributed by atoms with Crippen LogP contribution in [0.25, 0.3) is 11.9 Å². The van der Waals surface area contributed by atoms with Gasteiger partial charge in [-0.05, 0) is 80.0 Å². The molecule has 164 valence electrons. The number of aromatic nitrogens is 1. The average Bonchev–Trinajstić information content (AvgIpc) is 3.60. The van der Waals surface area contributed by atoms with Crippen LogP contribution in [0.1, 0.15) is 65.6 Å². The van der Waals surface area contributed by atoms with Gasteiger partial charge in [0.2, 0.25) is 0 Å². The van der Waals surface area contributed by atoms with Crippen molar-refractivity contribution in [3.8, 4) is 0 Å². The summed E-state index contributed by atoms with van der Waals surface area (Å²) >= 11 is 0. The summed E-state index contributed by atoms with van der Waals surface area (Å²) in [6.07, 6.45) is 8.46. The Hall–Kier alpha value is -2.73. The van der Waals surface area contributed by atoms with E-state index in [9.17, 15) is 14.3 Å². The molecule has 1 aromatic carbocycles. The van der Waals surface area contributed by atoms with E-state index in [-0.39, 0.29) is 11.9 Å². The van der Waals surface area contributed by atoms with Gasteiger partial charge in [0.05, 0.1) is 12.1 Å². The fraction of sp³-hybridized carbons (Fsp3) is 0.440. The number of hydrogen-bond acceptors (Lipinski definition) is 4. The van der Waals surface area contributed by atoms with E-state index in [1.807, 2.05) is 13.0 Å². The molecule has 2 aliphatic rings. The highest BCUT2D eigenvalue weighted by Gasteiger charge is 2.25. The molecular weight excluding hydrogens is 393 g/mol. The molecule has 3 N–H and O–H groups in total. The molecule has 2 saturated carbocycles. The van der Waals surface area contributed by atoms with E-state index in [2.05, 4.69) is 15.6 Å². The number of hydrogen-bond donors (Lipinski definition) is 3. The first-order chi connectivity index (χ1) is 15.0. The Kier molecular flexibility index (Phi) is 6.66. The number of benzene rings is 1. The van der Waals surface area contributed by atoms with E-state index in [0.29, 0.717) is 23.1 Å². The zero-order valence-corrected chi connectivity index (χ0v) is 17.9. The van der Waals surface area contributed by atoms with Crippen LogP contribution in [-0.2, 0) is 0 Å². The first-order valence-electron chi connectivity index (χ1n) is 11.2. The summed E-state index contributed by atoms with van der Waals surface area (Å²) in [6, 6.07) is 8.52. The van der Waals surface area contributed by atoms with Crippen molar-refractivity contribution in [1.29, 1.82) is 0 Å². The number of carbonyl (C=O) groups is 1. The van der Waals surface area contributed by atoms with Crippen molar-refractivity contribution in [2.45, 2.75) is 57.6 Å². The standard InChI is InChI=1S/C25H30FN3O2/c1-16-6-9-18(25(31)29-22-4-2-3-5-23(22)30)12-20(16)13-21(26)19-10-11-24(28-15-19)27-14-17-7-8-17/h6,9-13,15,17,22-23,30H,2-5,7-8,14H2,1H3,(H,27,28)(H,29,31)/b21-13-/t22-,23-/m0/s1. The quantitative estimate of drug-likeness (QED) is 0.603. The van der Waals surface area contributed by atoms with E-state index < -0.39 is 11.9 Å². The van der Waals surface area contributed by atoms with Crippen LogP contribution in [0.2, 0.25) is 0 Å². The zero-order valence-electron chi connectivity index (χ0n) is 17.9. The molecule has 2 aliphatic carbocycles. The number of aryl methyl sites for hydroxylation is 1. The number of rotatable bonds is 7. The Morgan fingerprint density at radius 3 is 2.65 bits per heavy atom. The number of amides is 1. The maximum absolute atomic E-state index is 14.9. The van der Waals surface area contributed by atoms with Crippen molar-refractivity contribution in [2.75, 3.05) is 11.9 Å². The van der Waals surface area contributed by atoms with Gasteiger partial charge in [0.1, 0.15) is 11.6 Å². The van der Waals surface area contributed by atoms with Crippen LogP contribution >= 0.6 is 0 Å². The van der Waals surface area contributed by atoms with Crippen LogP contribution in [0.5, 0.6) is 0 Å². The molecule has 4 rings (SSSR count). The van der Waals surface area contributed by atoms with E-state index in [1.165, 1.54) is 25.1 Å². The Morgan fingerprint density at radius 2 is 1.94 bits per heavy atom. The number of carbonyl (C=O) groups excluding carboxylic acids is 1. The lowest BCUT2D eigenvalue weighted by Gasteiger charge is -2.28. The summed E-state index contributed by atoms with van der Waals surface area (Å²) in [4.78, 5) is 17.0. The van der Waals surface area contributed by atoms with E-state index in [1.54, 1.807) is 24.3 Å². The summed E-state index contributed by atoms with van der Waals surface area (Å²) in [5.41, 5.74) is 2.38. The average molecular weight is 424 g/mol. The second-order valence-corrected chi connectivity index (χ2v) is 8.75. The molecule has 1 heterocycles. The van der Waals surface area contributed by atoms with Crippen LogP contribution in [0.15, 0.2) is 36.5 Å². The highest BCUT2D eigenvalue weighted by atomic mass is 19.1. The molecule has 0 unspecified atom stereocenters. The molecule has 0 bridgehead atoms. The second-order valence-electron chi connectivity index (χ2n) is 8.75. The zero-order chi connectivity index (χ0) is 21.8. The van der Waals surface area contributed by atoms with Crippen LogP contribution in [0.3, 0.4) is 0 Å². The van der Waals surface area contributed by atoms with E-state index >= 15 is 0 Å². The summed E-state index contributed by atoms with van der Waals surface area (Å²) in [5, 5.41) is 16.3. The van der Waals surface area contributed by atoms with Crippen LogP contribution in [0, 0.1) is 12.8 Å². The molecule has 31 heavy (non-hydrogen) atoms. The SMILES string of the molecule is Cc1ccc(C(=O)N[C@H]2CCCC[C@@H]2O)cc1/C=C(\F)c1ccc(NCC2CC2)nc1. The molecule has 1 amide bonds. The van der Waals surface area contributed by atoms with Crippen molar-refractivity contribution >= 4 is 23.6 Å². The third kappa shape index (κ3) is 5.70. The summed E-state index contributed by atoms with van der Waals surface area (Å²) in [5.74, 6) is 0.855. The lowest BCUT2D eigenvalue weighted by molar-refractivity contribution is 0.0717. The second kappa shape index (κ2) is 9.60.